The third-order valence-corrected chi connectivity index (χ3v) is 6.64. The third-order valence-electron chi connectivity index (χ3n) is 6.46. The maximum atomic E-state index is 5.52. The van der Waals surface area contributed by atoms with Crippen molar-refractivity contribution in [3.05, 3.63) is 0 Å². The second kappa shape index (κ2) is 3.73. The number of fused-ring (bicyclic) bond motifs is 2. The van der Waals surface area contributed by atoms with Crippen molar-refractivity contribution in [2.45, 2.75) is 6.42 Å². The van der Waals surface area contributed by atoms with Crippen LogP contribution >= 0.6 is 24.4 Å². The topological polar surface area (TPSA) is 101 Å². The van der Waals surface area contributed by atoms with Crippen molar-refractivity contribution >= 4 is 46.1 Å². The largest absolute Gasteiger partial charge is 0.375 e. The van der Waals surface area contributed by atoms with Gasteiger partial charge >= 0.3 is 0 Å². The van der Waals surface area contributed by atoms with Crippen molar-refractivity contribution in [1.82, 2.24) is 10.9 Å². The molecule has 2 bridgehead atoms. The molecule has 8 atom stereocenters. The molecule has 5 fully saturated rings. The molecule has 5 aliphatic rings. The average Bonchev–Trinajstić information content (AvgIpc) is 2.91. The summed E-state index contributed by atoms with van der Waals surface area (Å²) in [4.78, 5) is 0. The molecule has 0 spiro atoms. The zero-order valence-electron chi connectivity index (χ0n) is 11.2. The molecule has 6 nitrogen and oxygen atoms in total. The lowest BCUT2D eigenvalue weighted by atomic mass is 9.59. The SMILES string of the molecule is NC(=S)N/N=C1/[C@@H]2[C@H]3C[C@H]4[C@@H]2/C(=N/NC(N)=S)[C@@H]2[C@@H]1[C@@H]3[C@@H]42. The normalized spacial score (nSPS) is 53.5. The Morgan fingerprint density at radius 1 is 0.857 bits per heavy atom. The van der Waals surface area contributed by atoms with Crippen molar-refractivity contribution in [2.24, 2.45) is 69.0 Å². The summed E-state index contributed by atoms with van der Waals surface area (Å²) in [5.41, 5.74) is 19.2. The molecule has 0 aromatic carbocycles. The molecule has 0 saturated heterocycles. The van der Waals surface area contributed by atoms with Gasteiger partial charge in [0, 0.05) is 35.1 Å². The zero-order chi connectivity index (χ0) is 14.5. The molecule has 0 amide bonds. The molecule has 0 aliphatic heterocycles. The fourth-order valence-electron chi connectivity index (χ4n) is 6.40. The van der Waals surface area contributed by atoms with Gasteiger partial charge in [0.1, 0.15) is 0 Å². The maximum Gasteiger partial charge on any atom is 0.184 e. The van der Waals surface area contributed by atoms with Crippen molar-refractivity contribution in [3.63, 3.8) is 0 Å². The van der Waals surface area contributed by atoms with E-state index < -0.39 is 0 Å². The second-order valence-corrected chi connectivity index (χ2v) is 7.73. The number of thiocarbonyl (C=S) groups is 2. The molecular weight excluding hydrogens is 304 g/mol. The highest BCUT2D eigenvalue weighted by molar-refractivity contribution is 7.80. The molecule has 5 saturated carbocycles. The Morgan fingerprint density at radius 2 is 1.29 bits per heavy atom. The highest BCUT2D eigenvalue weighted by Crippen LogP contribution is 2.80. The quantitative estimate of drug-likeness (QED) is 0.414. The van der Waals surface area contributed by atoms with E-state index in [2.05, 4.69) is 21.1 Å². The Morgan fingerprint density at radius 3 is 1.67 bits per heavy atom. The monoisotopic (exact) mass is 320 g/mol. The van der Waals surface area contributed by atoms with Crippen molar-refractivity contribution in [1.29, 1.82) is 0 Å². The van der Waals surface area contributed by atoms with E-state index in [0.29, 0.717) is 23.7 Å². The van der Waals surface area contributed by atoms with Gasteiger partial charge < -0.3 is 11.5 Å². The Labute approximate surface area is 132 Å². The molecule has 6 N–H and O–H groups in total. The lowest BCUT2D eigenvalue weighted by Crippen LogP contribution is -2.49. The van der Waals surface area contributed by atoms with Crippen LogP contribution in [-0.4, -0.2) is 21.6 Å². The van der Waals surface area contributed by atoms with E-state index >= 15 is 0 Å². The zero-order valence-corrected chi connectivity index (χ0v) is 12.8. The van der Waals surface area contributed by atoms with E-state index in [4.69, 9.17) is 35.9 Å². The van der Waals surface area contributed by atoms with Crippen LogP contribution in [0, 0.1) is 47.3 Å². The first-order valence-electron chi connectivity index (χ1n) is 7.35. The van der Waals surface area contributed by atoms with Crippen molar-refractivity contribution < 1.29 is 0 Å². The van der Waals surface area contributed by atoms with Crippen LogP contribution in [0.15, 0.2) is 10.2 Å². The van der Waals surface area contributed by atoms with Gasteiger partial charge in [0.2, 0.25) is 0 Å². The van der Waals surface area contributed by atoms with Gasteiger partial charge in [0.05, 0.1) is 0 Å². The lowest BCUT2D eigenvalue weighted by molar-refractivity contribution is 0.0654. The molecule has 0 aromatic rings. The van der Waals surface area contributed by atoms with Crippen molar-refractivity contribution in [2.75, 3.05) is 0 Å². The Kier molecular flexibility index (Phi) is 2.18. The van der Waals surface area contributed by atoms with Gasteiger partial charge in [-0.2, -0.15) is 10.2 Å². The summed E-state index contributed by atoms with van der Waals surface area (Å²) in [5, 5.41) is 9.57. The van der Waals surface area contributed by atoms with Crippen LogP contribution in [0.1, 0.15) is 6.42 Å². The number of nitrogens with one attached hydrogen (secondary N) is 2. The number of rotatable bonds is 2. The first kappa shape index (κ1) is 12.3. The number of hydrogen-bond acceptors (Lipinski definition) is 4. The molecule has 0 heterocycles. The molecule has 110 valence electrons. The fraction of sp³-hybridized carbons (Fsp3) is 0.692. The summed E-state index contributed by atoms with van der Waals surface area (Å²) in [6.45, 7) is 0. The van der Waals surface area contributed by atoms with E-state index in [9.17, 15) is 0 Å². The van der Waals surface area contributed by atoms with E-state index in [1.54, 1.807) is 0 Å². The van der Waals surface area contributed by atoms with Gasteiger partial charge in [-0.15, -0.1) is 0 Å². The van der Waals surface area contributed by atoms with E-state index in [1.165, 1.54) is 17.8 Å². The van der Waals surface area contributed by atoms with Gasteiger partial charge in [-0.1, -0.05) is 0 Å². The molecule has 0 radical (unpaired) electrons. The summed E-state index contributed by atoms with van der Waals surface area (Å²) < 4.78 is 0. The minimum Gasteiger partial charge on any atom is -0.375 e. The van der Waals surface area contributed by atoms with Crippen LogP contribution in [0.5, 0.6) is 0 Å². The molecule has 0 aromatic heterocycles. The summed E-state index contributed by atoms with van der Waals surface area (Å²) in [5.74, 6) is 5.30. The van der Waals surface area contributed by atoms with Gasteiger partial charge in [0.15, 0.2) is 10.2 Å². The predicted octanol–water partition coefficient (Wildman–Crippen LogP) is -0.248. The summed E-state index contributed by atoms with van der Waals surface area (Å²) >= 11 is 9.75. The minimum atomic E-state index is 0.241. The summed E-state index contributed by atoms with van der Waals surface area (Å²) in [6.07, 6.45) is 1.33. The fourth-order valence-corrected chi connectivity index (χ4v) is 6.49. The van der Waals surface area contributed by atoms with Gasteiger partial charge in [-0.3, -0.25) is 10.9 Å². The summed E-state index contributed by atoms with van der Waals surface area (Å²) in [7, 11) is 0. The van der Waals surface area contributed by atoms with Crippen LogP contribution in [0.4, 0.5) is 0 Å². The van der Waals surface area contributed by atoms with Crippen LogP contribution in [-0.2, 0) is 0 Å². The van der Waals surface area contributed by atoms with Crippen LogP contribution < -0.4 is 22.3 Å². The third kappa shape index (κ3) is 1.25. The van der Waals surface area contributed by atoms with Crippen LogP contribution in [0.25, 0.3) is 0 Å². The molecule has 5 rings (SSSR count). The highest BCUT2D eigenvalue weighted by atomic mass is 32.1. The molecule has 21 heavy (non-hydrogen) atoms. The smallest absolute Gasteiger partial charge is 0.184 e. The standard InChI is InChI=1S/C13H16N6S2/c14-12(20)18-16-10-6-2-1-3-5-4(2)8(10)9(5)11(7(3)6)17-19-13(15)21/h2-9H,1H2,(H3,14,18,20)(H3,15,19,21)/b16-10-,17-11-/t2-,3+,4-,5+,6+,7-,8-,9-/m0/s1. The van der Waals surface area contributed by atoms with E-state index in [-0.39, 0.29) is 10.2 Å². The Balaban J connectivity index is 1.54. The molecule has 5 aliphatic carbocycles. The lowest BCUT2D eigenvalue weighted by Gasteiger charge is -2.44. The number of nitrogens with zero attached hydrogens (tertiary/aromatic N) is 2. The van der Waals surface area contributed by atoms with Gasteiger partial charge in [-0.05, 0) is 54.5 Å². The Hall–Kier alpha value is -1.28. The van der Waals surface area contributed by atoms with Crippen LogP contribution in [0.3, 0.4) is 0 Å². The van der Waals surface area contributed by atoms with Crippen LogP contribution in [0.2, 0.25) is 0 Å². The molecule has 8 heteroatoms. The highest BCUT2D eigenvalue weighted by Gasteiger charge is 2.82. The second-order valence-electron chi connectivity index (χ2n) is 6.85. The first-order valence-corrected chi connectivity index (χ1v) is 8.17. The van der Waals surface area contributed by atoms with E-state index in [0.717, 1.165) is 23.7 Å². The maximum absolute atomic E-state index is 5.52. The number of nitrogens with two attached hydrogens (primary N) is 2. The Bertz CT molecular complexity index is 585. The minimum absolute atomic E-state index is 0.241. The predicted molar refractivity (Wildman–Crippen MR) is 87.2 cm³/mol. The van der Waals surface area contributed by atoms with E-state index in [1.807, 2.05) is 0 Å². The van der Waals surface area contributed by atoms with Gasteiger partial charge in [-0.25, -0.2) is 0 Å². The number of hydrazone groups is 2. The molecular formula is C13H16N6S2. The number of hydrogen-bond donors (Lipinski definition) is 4. The first-order chi connectivity index (χ1) is 10.1. The average molecular weight is 320 g/mol. The van der Waals surface area contributed by atoms with Gasteiger partial charge in [0.25, 0.3) is 0 Å². The summed E-state index contributed by atoms with van der Waals surface area (Å²) in [6, 6.07) is 0. The molecule has 0 unspecified atom stereocenters. The van der Waals surface area contributed by atoms with Crippen molar-refractivity contribution in [3.8, 4) is 0 Å².